The van der Waals surface area contributed by atoms with Crippen LogP contribution in [0.2, 0.25) is 0 Å². The summed E-state index contributed by atoms with van der Waals surface area (Å²) >= 11 is 0. The van der Waals surface area contributed by atoms with Gasteiger partial charge in [-0.25, -0.2) is 4.79 Å². The zero-order chi connectivity index (χ0) is 57.1. The molecule has 2 amide bonds. The number of hydrogen-bond donors (Lipinski definition) is 3. The molecule has 0 aromatic heterocycles. The smallest absolute Gasteiger partial charge is 0.417 e. The monoisotopic (exact) mass is 1120 g/mol. The number of ether oxygens (including phenoxy) is 7. The number of carbonyl (C=O) groups excluding carboxylic acids is 2. The molecule has 6 atom stereocenters. The molecule has 0 unspecified atom stereocenters. The first-order valence-corrected chi connectivity index (χ1v) is 28.9. The van der Waals surface area contributed by atoms with Crippen molar-refractivity contribution < 1.29 is 62.7 Å². The van der Waals surface area contributed by atoms with Crippen molar-refractivity contribution in [3.63, 3.8) is 0 Å². The minimum Gasteiger partial charge on any atom is -0.497 e. The lowest BCUT2D eigenvalue weighted by Gasteiger charge is -2.60. The molecular formula is C63H80N4O14. The highest BCUT2D eigenvalue weighted by Crippen LogP contribution is 2.62. The Bertz CT molecular complexity index is 2820. The maximum Gasteiger partial charge on any atom is 0.417 e. The summed E-state index contributed by atoms with van der Waals surface area (Å²) in [6, 6.07) is 21.4. The quantitative estimate of drug-likeness (QED) is 0.0179. The van der Waals surface area contributed by atoms with Gasteiger partial charge < -0.3 is 53.1 Å². The van der Waals surface area contributed by atoms with E-state index in [1.165, 1.54) is 51.3 Å². The molecule has 0 bridgehead atoms. The van der Waals surface area contributed by atoms with E-state index in [1.807, 2.05) is 29.2 Å². The van der Waals surface area contributed by atoms with Gasteiger partial charge in [0.15, 0.2) is 11.5 Å². The highest BCUT2D eigenvalue weighted by atomic mass is 16.7. The van der Waals surface area contributed by atoms with Crippen LogP contribution in [0.15, 0.2) is 108 Å². The molecule has 436 valence electrons. The highest BCUT2D eigenvalue weighted by Gasteiger charge is 2.65. The van der Waals surface area contributed by atoms with Gasteiger partial charge in [0.25, 0.3) is 5.69 Å². The summed E-state index contributed by atoms with van der Waals surface area (Å²) in [7, 11) is 3.04. The van der Waals surface area contributed by atoms with Crippen molar-refractivity contribution in [1.29, 1.82) is 0 Å². The molecule has 0 spiro atoms. The highest BCUT2D eigenvalue weighted by molar-refractivity contribution is 6.03. The van der Waals surface area contributed by atoms with Gasteiger partial charge in [-0.15, -0.1) is 6.58 Å². The Balaban J connectivity index is 1.26. The van der Waals surface area contributed by atoms with Crippen LogP contribution in [-0.2, 0) is 27.5 Å². The SMILES string of the molecule is C=CCO[C@@]12Oc3ccc(OC(=O)Nc4ccc(OC)cc4OC)cc3[C@H]3[C@H](CCCCO)[C@@H](CCCCO)C=C(C(=NOCc4ccc([N+](=O)[O-])cc4)C[C@@H]1N(Cc1ccc4c(c1)OCO4)C(=O)CCCCCCCCCCC)[C@H]32. The number of methoxy groups -OCH3 is 2. The first-order valence-electron chi connectivity index (χ1n) is 28.9. The maximum atomic E-state index is 15.5. The summed E-state index contributed by atoms with van der Waals surface area (Å²) in [4.78, 5) is 48.7. The summed E-state index contributed by atoms with van der Waals surface area (Å²) in [5, 5.41) is 39.6. The molecule has 0 radical (unpaired) electrons. The summed E-state index contributed by atoms with van der Waals surface area (Å²) in [6.07, 6.45) is 17.3. The number of anilines is 1. The fourth-order valence-corrected chi connectivity index (χ4v) is 12.1. The topological polar surface area (TPSA) is 219 Å². The van der Waals surface area contributed by atoms with Gasteiger partial charge in [0.1, 0.15) is 35.6 Å². The zero-order valence-corrected chi connectivity index (χ0v) is 47.2. The van der Waals surface area contributed by atoms with Crippen molar-refractivity contribution in [2.24, 2.45) is 22.9 Å². The van der Waals surface area contributed by atoms with Gasteiger partial charge in [-0.1, -0.05) is 94.5 Å². The maximum absolute atomic E-state index is 15.5. The van der Waals surface area contributed by atoms with Gasteiger partial charge in [0.2, 0.25) is 18.5 Å². The minimum absolute atomic E-state index is 0.00169. The molecule has 4 aliphatic rings. The summed E-state index contributed by atoms with van der Waals surface area (Å²) < 4.78 is 43.4. The van der Waals surface area contributed by atoms with Crippen molar-refractivity contribution in [3.05, 3.63) is 130 Å². The number of rotatable bonds is 32. The number of benzene rings is 4. The third kappa shape index (κ3) is 14.9. The molecule has 0 saturated heterocycles. The Kier molecular flexibility index (Phi) is 21.9. The van der Waals surface area contributed by atoms with Gasteiger partial charge in [-0.05, 0) is 115 Å². The van der Waals surface area contributed by atoms with E-state index in [4.69, 9.17) is 43.2 Å². The third-order valence-electron chi connectivity index (χ3n) is 16.0. The Morgan fingerprint density at radius 3 is 2.25 bits per heavy atom. The van der Waals surface area contributed by atoms with Gasteiger partial charge in [-0.2, -0.15) is 0 Å². The zero-order valence-electron chi connectivity index (χ0n) is 47.2. The number of nitrogens with one attached hydrogen (secondary N) is 1. The summed E-state index contributed by atoms with van der Waals surface area (Å²) in [6.45, 7) is 6.66. The molecule has 8 rings (SSSR count). The lowest BCUT2D eigenvalue weighted by atomic mass is 9.55. The number of allylic oxidation sites excluding steroid dienone is 1. The lowest BCUT2D eigenvalue weighted by Crippen LogP contribution is -2.70. The van der Waals surface area contributed by atoms with Crippen LogP contribution >= 0.6 is 0 Å². The van der Waals surface area contributed by atoms with E-state index in [1.54, 1.807) is 55.7 Å². The average Bonchev–Trinajstić information content (AvgIpc) is 4.03. The molecular weight excluding hydrogens is 1040 g/mol. The van der Waals surface area contributed by atoms with Crippen LogP contribution in [0.25, 0.3) is 0 Å². The van der Waals surface area contributed by atoms with E-state index in [0.29, 0.717) is 84.2 Å². The number of nitrogens with zero attached hydrogens (tertiary/aromatic N) is 3. The second-order valence-electron chi connectivity index (χ2n) is 21.3. The molecule has 18 nitrogen and oxygen atoms in total. The minimum atomic E-state index is -1.57. The van der Waals surface area contributed by atoms with Crippen LogP contribution < -0.4 is 33.7 Å². The number of aliphatic hydroxyl groups is 2. The van der Waals surface area contributed by atoms with E-state index >= 15 is 4.79 Å². The Morgan fingerprint density at radius 2 is 1.53 bits per heavy atom. The number of nitro groups is 1. The van der Waals surface area contributed by atoms with Gasteiger partial charge in [-0.3, -0.25) is 20.2 Å². The number of amides is 2. The van der Waals surface area contributed by atoms with Gasteiger partial charge in [0, 0.05) is 62.3 Å². The van der Waals surface area contributed by atoms with E-state index in [0.717, 1.165) is 42.4 Å². The van der Waals surface area contributed by atoms with Crippen LogP contribution in [0.3, 0.4) is 0 Å². The molecule has 1 saturated carbocycles. The Hall–Kier alpha value is -7.15. The normalized spacial score (nSPS) is 20.7. The van der Waals surface area contributed by atoms with Crippen LogP contribution in [-0.4, -0.2) is 90.4 Å². The second-order valence-corrected chi connectivity index (χ2v) is 21.3. The van der Waals surface area contributed by atoms with Gasteiger partial charge in [0.05, 0.1) is 43.1 Å². The number of hydrogen-bond acceptors (Lipinski definition) is 15. The summed E-state index contributed by atoms with van der Waals surface area (Å²) in [5.74, 6) is -0.101. The molecule has 18 heteroatoms. The Labute approximate surface area is 475 Å². The Morgan fingerprint density at radius 1 is 0.827 bits per heavy atom. The van der Waals surface area contributed by atoms with Crippen LogP contribution in [0.1, 0.15) is 139 Å². The number of aliphatic hydroxyl groups excluding tert-OH is 2. The molecule has 4 aromatic carbocycles. The number of fused-ring (bicyclic) bond motifs is 3. The molecule has 3 N–H and O–H groups in total. The number of carbonyl (C=O) groups is 2. The van der Waals surface area contributed by atoms with Crippen molar-refractivity contribution in [2.75, 3.05) is 46.1 Å². The predicted molar refractivity (Wildman–Crippen MR) is 307 cm³/mol. The van der Waals surface area contributed by atoms with E-state index in [-0.39, 0.29) is 81.8 Å². The first-order chi connectivity index (χ1) is 39.5. The predicted octanol–water partition coefficient (Wildman–Crippen LogP) is 12.7. The van der Waals surface area contributed by atoms with E-state index < -0.39 is 34.7 Å². The molecule has 81 heavy (non-hydrogen) atoms. The van der Waals surface area contributed by atoms with Crippen LogP contribution in [0, 0.1) is 27.9 Å². The fourth-order valence-electron chi connectivity index (χ4n) is 12.1. The third-order valence-corrected chi connectivity index (χ3v) is 16.0. The van der Waals surface area contributed by atoms with E-state index in [9.17, 15) is 25.1 Å². The van der Waals surface area contributed by atoms with Crippen molar-refractivity contribution in [3.8, 4) is 34.5 Å². The molecule has 2 aliphatic heterocycles. The van der Waals surface area contributed by atoms with E-state index in [2.05, 4.69) is 24.9 Å². The second kappa shape index (κ2) is 29.5. The average molecular weight is 1120 g/mol. The van der Waals surface area contributed by atoms with Crippen molar-refractivity contribution >= 4 is 29.1 Å². The van der Waals surface area contributed by atoms with Gasteiger partial charge >= 0.3 is 6.09 Å². The summed E-state index contributed by atoms with van der Waals surface area (Å²) in [5.41, 5.74) is 3.95. The van der Waals surface area contributed by atoms with Crippen molar-refractivity contribution in [1.82, 2.24) is 4.90 Å². The molecule has 2 aliphatic carbocycles. The number of oxime groups is 1. The lowest BCUT2D eigenvalue weighted by molar-refractivity contribution is -0.384. The standard InChI is InChI=1S/C63H80N4O14/c1-5-7-8-9-10-11-12-13-14-21-59(70)66(40-44-24-30-55-57(35-44)77-42-76-55)58-39-53(65-79-41-43-22-25-46(26-23-43)67(72)73)50-36-45(19-15-17-32-68)49(20-16-18-33-69)60-51-37-48(28-31-54(51)81-63(58,61(50)60)78-34-6-2)80-62(71)64-52-29-27-47(74-3)38-56(52)75-4/h6,22-31,35-38,45,49,58,60-61,68-69H,2,5,7-21,32-34,39-42H2,1,3-4H3,(H,64,71)/t45-,49+,58-,60+,61+,63+/m0/s1. The van der Waals surface area contributed by atoms with Crippen LogP contribution in [0.4, 0.5) is 16.2 Å². The number of non-ortho nitro benzene ring substituents is 1. The fraction of sp³-hybridized carbons (Fsp3) is 0.508. The number of nitro benzene ring substituents is 1. The molecule has 4 aromatic rings. The molecule has 1 fully saturated rings. The number of unbranched alkanes of at least 4 members (excludes halogenated alkanes) is 10. The first kappa shape index (κ1) is 60.0. The molecule has 2 heterocycles. The van der Waals surface area contributed by atoms with Crippen molar-refractivity contribution in [2.45, 2.75) is 147 Å². The largest absolute Gasteiger partial charge is 0.497 e. The van der Waals surface area contributed by atoms with Crippen LogP contribution in [0.5, 0.6) is 34.5 Å².